The van der Waals surface area contributed by atoms with E-state index in [0.717, 1.165) is 30.6 Å². The van der Waals surface area contributed by atoms with E-state index in [-0.39, 0.29) is 11.9 Å². The van der Waals surface area contributed by atoms with Crippen LogP contribution < -0.4 is 10.2 Å². The first kappa shape index (κ1) is 17.4. The van der Waals surface area contributed by atoms with Gasteiger partial charge in [-0.2, -0.15) is 10.1 Å². The van der Waals surface area contributed by atoms with E-state index >= 15 is 0 Å². The van der Waals surface area contributed by atoms with E-state index < -0.39 is 0 Å². The number of H-pyrrole nitrogens is 1. The average Bonchev–Trinajstić information content (AvgIpc) is 3.32. The Labute approximate surface area is 157 Å². The maximum absolute atomic E-state index is 13.2. The quantitative estimate of drug-likeness (QED) is 0.711. The molecule has 2 N–H and O–H groups in total. The van der Waals surface area contributed by atoms with Crippen LogP contribution in [-0.2, 0) is 0 Å². The lowest BCUT2D eigenvalue weighted by molar-refractivity contribution is 0.624. The van der Waals surface area contributed by atoms with E-state index in [1.165, 1.54) is 18.5 Å². The van der Waals surface area contributed by atoms with Gasteiger partial charge in [-0.1, -0.05) is 26.0 Å². The number of aromatic amines is 1. The fourth-order valence-electron chi connectivity index (χ4n) is 3.33. The fraction of sp³-hybridized carbons (Fsp3) is 0.368. The molecule has 0 spiro atoms. The number of hydrogen-bond donors (Lipinski definition) is 2. The van der Waals surface area contributed by atoms with Crippen LogP contribution >= 0.6 is 0 Å². The van der Waals surface area contributed by atoms with Crippen LogP contribution in [0.25, 0.3) is 0 Å². The normalized spacial score (nSPS) is 16.9. The molecule has 3 aromatic rings. The second kappa shape index (κ2) is 7.30. The van der Waals surface area contributed by atoms with Crippen molar-refractivity contribution < 1.29 is 4.39 Å². The Morgan fingerprint density at radius 1 is 1.22 bits per heavy atom. The van der Waals surface area contributed by atoms with Crippen molar-refractivity contribution in [2.24, 2.45) is 0 Å². The molecule has 27 heavy (non-hydrogen) atoms. The Balaban J connectivity index is 1.54. The minimum atomic E-state index is -0.227. The van der Waals surface area contributed by atoms with Crippen LogP contribution in [0.2, 0.25) is 0 Å². The molecule has 0 amide bonds. The Kier molecular flexibility index (Phi) is 4.70. The maximum atomic E-state index is 13.2. The lowest BCUT2D eigenvalue weighted by Gasteiger charge is -2.25. The van der Waals surface area contributed by atoms with E-state index in [0.29, 0.717) is 23.6 Å². The Morgan fingerprint density at radius 2 is 2.04 bits per heavy atom. The van der Waals surface area contributed by atoms with E-state index in [1.807, 2.05) is 18.2 Å². The van der Waals surface area contributed by atoms with Crippen molar-refractivity contribution in [2.75, 3.05) is 16.8 Å². The van der Waals surface area contributed by atoms with E-state index in [4.69, 9.17) is 0 Å². The van der Waals surface area contributed by atoms with Gasteiger partial charge in [0.25, 0.3) is 0 Å². The molecule has 1 fully saturated rings. The van der Waals surface area contributed by atoms with Crippen molar-refractivity contribution in [1.82, 2.24) is 25.1 Å². The molecule has 4 rings (SSSR count). The van der Waals surface area contributed by atoms with Crippen molar-refractivity contribution in [2.45, 2.75) is 38.6 Å². The summed E-state index contributed by atoms with van der Waals surface area (Å²) in [5.74, 6) is 1.87. The zero-order valence-corrected chi connectivity index (χ0v) is 15.4. The molecule has 0 radical (unpaired) electrons. The molecule has 1 saturated heterocycles. The highest BCUT2D eigenvalue weighted by atomic mass is 19.1. The number of anilines is 3. The molecule has 0 saturated carbocycles. The van der Waals surface area contributed by atoms with Crippen molar-refractivity contribution in [3.05, 3.63) is 53.7 Å². The monoisotopic (exact) mass is 367 g/mol. The minimum absolute atomic E-state index is 0.138. The molecule has 140 valence electrons. The van der Waals surface area contributed by atoms with Gasteiger partial charge in [0, 0.05) is 18.3 Å². The molecule has 1 aliphatic rings. The summed E-state index contributed by atoms with van der Waals surface area (Å²) in [5.41, 5.74) is 2.11. The second-order valence-electron chi connectivity index (χ2n) is 7.00. The van der Waals surface area contributed by atoms with Crippen LogP contribution in [0.5, 0.6) is 0 Å². The summed E-state index contributed by atoms with van der Waals surface area (Å²) < 4.78 is 13.2. The lowest BCUT2D eigenvalue weighted by Crippen LogP contribution is -2.25. The van der Waals surface area contributed by atoms with Crippen LogP contribution in [0.3, 0.4) is 0 Å². The predicted molar refractivity (Wildman–Crippen MR) is 102 cm³/mol. The lowest BCUT2D eigenvalue weighted by atomic mass is 10.0. The third-order valence-corrected chi connectivity index (χ3v) is 4.78. The maximum Gasteiger partial charge on any atom is 0.233 e. The van der Waals surface area contributed by atoms with Crippen molar-refractivity contribution in [3.63, 3.8) is 0 Å². The summed E-state index contributed by atoms with van der Waals surface area (Å²) in [6, 6.07) is 8.74. The van der Waals surface area contributed by atoms with Gasteiger partial charge >= 0.3 is 0 Å². The highest BCUT2D eigenvalue weighted by Gasteiger charge is 2.28. The number of rotatable bonds is 5. The smallest absolute Gasteiger partial charge is 0.233 e. The largest absolute Gasteiger partial charge is 0.334 e. The number of halogens is 1. The molecule has 1 aliphatic heterocycles. The number of aromatic nitrogens is 5. The third-order valence-electron chi connectivity index (χ3n) is 4.78. The molecule has 8 heteroatoms. The predicted octanol–water partition coefficient (Wildman–Crippen LogP) is 3.94. The molecule has 1 aromatic carbocycles. The average molecular weight is 367 g/mol. The number of nitrogens with one attached hydrogen (secondary N) is 2. The summed E-state index contributed by atoms with van der Waals surface area (Å²) in [6.07, 6.45) is 3.52. The van der Waals surface area contributed by atoms with Crippen LogP contribution in [0.15, 0.2) is 36.7 Å². The zero-order chi connectivity index (χ0) is 18.8. The third kappa shape index (κ3) is 3.74. The number of nitrogens with zero attached hydrogens (tertiary/aromatic N) is 5. The molecule has 0 aliphatic carbocycles. The van der Waals surface area contributed by atoms with Crippen LogP contribution in [0.4, 0.5) is 22.1 Å². The van der Waals surface area contributed by atoms with Crippen molar-refractivity contribution in [3.8, 4) is 0 Å². The highest BCUT2D eigenvalue weighted by Crippen LogP contribution is 2.34. The standard InChI is InChI=1S/C19H22FN7/c1-12(2)15-10-17(26-25-15)23-18-21-11-22-19(24-18)27-9-3-4-16(27)13-5-7-14(20)8-6-13/h5-8,10-12,16H,3-4,9H2,1-2H3,(H2,21,22,23,24,25,26). The summed E-state index contributed by atoms with van der Waals surface area (Å²) >= 11 is 0. The number of benzene rings is 1. The summed E-state index contributed by atoms with van der Waals surface area (Å²) in [7, 11) is 0. The van der Waals surface area contributed by atoms with Gasteiger partial charge in [0.1, 0.15) is 12.1 Å². The van der Waals surface area contributed by atoms with Gasteiger partial charge < -0.3 is 10.2 Å². The summed E-state index contributed by atoms with van der Waals surface area (Å²) in [6.45, 7) is 5.05. The van der Waals surface area contributed by atoms with Crippen molar-refractivity contribution >= 4 is 17.7 Å². The molecule has 2 aromatic heterocycles. The summed E-state index contributed by atoms with van der Waals surface area (Å²) in [5, 5.41) is 10.4. The molecule has 3 heterocycles. The SMILES string of the molecule is CC(C)c1cc(Nc2ncnc(N3CCCC3c3ccc(F)cc3)n2)n[nH]1. The van der Waals surface area contributed by atoms with E-state index in [1.54, 1.807) is 0 Å². The second-order valence-corrected chi connectivity index (χ2v) is 7.00. The highest BCUT2D eigenvalue weighted by molar-refractivity contribution is 5.50. The molecule has 1 atom stereocenters. The summed E-state index contributed by atoms with van der Waals surface area (Å²) in [4.78, 5) is 15.3. The van der Waals surface area contributed by atoms with Gasteiger partial charge in [-0.3, -0.25) is 5.10 Å². The first-order valence-corrected chi connectivity index (χ1v) is 9.13. The first-order valence-electron chi connectivity index (χ1n) is 9.13. The van der Waals surface area contributed by atoms with Crippen LogP contribution in [0.1, 0.15) is 49.9 Å². The van der Waals surface area contributed by atoms with Gasteiger partial charge in [0.2, 0.25) is 11.9 Å². The van der Waals surface area contributed by atoms with Gasteiger partial charge in [-0.05, 0) is 36.5 Å². The topological polar surface area (TPSA) is 82.6 Å². The van der Waals surface area contributed by atoms with Crippen LogP contribution in [-0.4, -0.2) is 31.7 Å². The molecule has 7 nitrogen and oxygen atoms in total. The molecular formula is C19H22FN7. The Bertz CT molecular complexity index is 906. The van der Waals surface area contributed by atoms with Crippen molar-refractivity contribution in [1.29, 1.82) is 0 Å². The van der Waals surface area contributed by atoms with E-state index in [2.05, 4.69) is 49.2 Å². The van der Waals surface area contributed by atoms with Gasteiger partial charge in [0.15, 0.2) is 5.82 Å². The fourth-order valence-corrected chi connectivity index (χ4v) is 3.33. The Hall–Kier alpha value is -3.03. The number of hydrogen-bond acceptors (Lipinski definition) is 6. The Morgan fingerprint density at radius 3 is 2.78 bits per heavy atom. The molecule has 0 bridgehead atoms. The van der Waals surface area contributed by atoms with E-state index in [9.17, 15) is 4.39 Å². The molecular weight excluding hydrogens is 345 g/mol. The minimum Gasteiger partial charge on any atom is -0.334 e. The van der Waals surface area contributed by atoms with Gasteiger partial charge in [0.05, 0.1) is 6.04 Å². The zero-order valence-electron chi connectivity index (χ0n) is 15.4. The van der Waals surface area contributed by atoms with Gasteiger partial charge in [-0.25, -0.2) is 14.4 Å². The molecule has 1 unspecified atom stereocenters. The van der Waals surface area contributed by atoms with Gasteiger partial charge in [-0.15, -0.1) is 0 Å². The van der Waals surface area contributed by atoms with Crippen LogP contribution in [0, 0.1) is 5.82 Å². The first-order chi connectivity index (χ1) is 13.1.